The highest BCUT2D eigenvalue weighted by Gasteiger charge is 2.31. The molecular weight excluding hydrogens is 336 g/mol. The Kier molecular flexibility index (Phi) is 4.47. The first-order valence-electron chi connectivity index (χ1n) is 7.21. The summed E-state index contributed by atoms with van der Waals surface area (Å²) < 4.78 is 26.8. The summed E-state index contributed by atoms with van der Waals surface area (Å²) in [5.41, 5.74) is -0.0243. The van der Waals surface area contributed by atoms with Crippen molar-refractivity contribution < 1.29 is 18.3 Å². The van der Waals surface area contributed by atoms with Crippen molar-refractivity contribution in [3.8, 4) is 0 Å². The predicted octanol–water partition coefficient (Wildman–Crippen LogP) is 2.41. The number of benzene rings is 1. The first-order chi connectivity index (χ1) is 11.0. The second-order valence-corrected chi connectivity index (χ2v) is 8.25. The molecule has 8 heteroatoms. The molecule has 6 nitrogen and oxygen atoms in total. The Hall–Kier alpha value is -1.77. The van der Waals surface area contributed by atoms with E-state index in [2.05, 4.69) is 4.98 Å². The number of rotatable bonds is 4. The zero-order valence-corrected chi connectivity index (χ0v) is 13.9. The molecule has 23 heavy (non-hydrogen) atoms. The second-order valence-electron chi connectivity index (χ2n) is 5.38. The summed E-state index contributed by atoms with van der Waals surface area (Å²) in [6, 6.07) is 5.49. The highest BCUT2D eigenvalue weighted by Crippen LogP contribution is 2.31. The van der Waals surface area contributed by atoms with Crippen LogP contribution in [0.2, 0.25) is 0 Å². The molecule has 0 unspecified atom stereocenters. The highest BCUT2D eigenvalue weighted by atomic mass is 32.2. The lowest BCUT2D eigenvalue weighted by Crippen LogP contribution is -2.37. The van der Waals surface area contributed by atoms with E-state index in [1.165, 1.54) is 28.6 Å². The second kappa shape index (κ2) is 6.38. The van der Waals surface area contributed by atoms with E-state index in [1.54, 1.807) is 17.5 Å². The van der Waals surface area contributed by atoms with Crippen molar-refractivity contribution in [2.45, 2.75) is 23.7 Å². The normalized spacial score (nSPS) is 17.2. The summed E-state index contributed by atoms with van der Waals surface area (Å²) in [5.74, 6) is -0.837. The largest absolute Gasteiger partial charge is 0.478 e. The van der Waals surface area contributed by atoms with Crippen LogP contribution in [0.3, 0.4) is 0 Å². The molecule has 0 bridgehead atoms. The fourth-order valence-electron chi connectivity index (χ4n) is 2.72. The number of piperidine rings is 1. The number of carboxylic acid groups (broad SMARTS) is 1. The van der Waals surface area contributed by atoms with Gasteiger partial charge >= 0.3 is 5.97 Å². The highest BCUT2D eigenvalue weighted by molar-refractivity contribution is 7.89. The van der Waals surface area contributed by atoms with Crippen LogP contribution < -0.4 is 0 Å². The molecule has 1 saturated heterocycles. The number of aromatic carboxylic acids is 1. The van der Waals surface area contributed by atoms with Crippen molar-refractivity contribution in [2.75, 3.05) is 13.1 Å². The van der Waals surface area contributed by atoms with Gasteiger partial charge in [-0.05, 0) is 31.0 Å². The van der Waals surface area contributed by atoms with E-state index in [0.29, 0.717) is 19.0 Å². The van der Waals surface area contributed by atoms with Crippen molar-refractivity contribution >= 4 is 27.3 Å². The Labute approximate surface area is 138 Å². The number of nitrogens with zero attached hydrogens (tertiary/aromatic N) is 2. The smallest absolute Gasteiger partial charge is 0.335 e. The van der Waals surface area contributed by atoms with E-state index in [1.807, 2.05) is 5.38 Å². The summed E-state index contributed by atoms with van der Waals surface area (Å²) in [6.07, 6.45) is 3.22. The predicted molar refractivity (Wildman–Crippen MR) is 86.2 cm³/mol. The minimum Gasteiger partial charge on any atom is -0.478 e. The molecule has 1 aliphatic heterocycles. The fourth-order valence-corrected chi connectivity index (χ4v) is 5.04. The maximum absolute atomic E-state index is 12.7. The molecule has 1 fully saturated rings. The molecule has 0 saturated carbocycles. The number of thiazole rings is 1. The van der Waals surface area contributed by atoms with Crippen LogP contribution >= 0.6 is 11.3 Å². The van der Waals surface area contributed by atoms with Crippen LogP contribution in [0.25, 0.3) is 0 Å². The molecule has 0 atom stereocenters. The standard InChI is InChI=1S/C15H16N2O4S2/c18-15(19)12-2-1-3-13(10-12)23(20,21)17-7-4-11(5-8-17)14-16-6-9-22-14/h1-3,6,9-11H,4-5,7-8H2,(H,18,19). The molecule has 0 amide bonds. The maximum Gasteiger partial charge on any atom is 0.335 e. The van der Waals surface area contributed by atoms with Crippen LogP contribution in [0.1, 0.15) is 34.1 Å². The summed E-state index contributed by atoms with van der Waals surface area (Å²) in [4.78, 5) is 15.4. The number of hydrogen-bond donors (Lipinski definition) is 1. The first kappa shape index (κ1) is 16.1. The lowest BCUT2D eigenvalue weighted by Gasteiger charge is -2.30. The molecule has 2 aromatic rings. The molecule has 122 valence electrons. The molecule has 0 spiro atoms. The zero-order valence-electron chi connectivity index (χ0n) is 12.3. The molecule has 0 aliphatic carbocycles. The molecule has 1 N–H and O–H groups in total. The van der Waals surface area contributed by atoms with Gasteiger partial charge in [0.2, 0.25) is 10.0 Å². The monoisotopic (exact) mass is 352 g/mol. The van der Waals surface area contributed by atoms with Gasteiger partial charge in [-0.3, -0.25) is 0 Å². The Morgan fingerprint density at radius 1 is 1.30 bits per heavy atom. The van der Waals surface area contributed by atoms with Crippen molar-refractivity contribution in [3.05, 3.63) is 46.4 Å². The van der Waals surface area contributed by atoms with Gasteiger partial charge in [0.15, 0.2) is 0 Å². The van der Waals surface area contributed by atoms with Crippen LogP contribution in [-0.4, -0.2) is 41.9 Å². The van der Waals surface area contributed by atoms with Crippen LogP contribution in [0.15, 0.2) is 40.7 Å². The lowest BCUT2D eigenvalue weighted by molar-refractivity contribution is 0.0696. The molecule has 3 rings (SSSR count). The molecule has 1 aliphatic rings. The minimum absolute atomic E-state index is 0.0243. The number of aromatic nitrogens is 1. The van der Waals surface area contributed by atoms with Crippen LogP contribution in [0, 0.1) is 0 Å². The van der Waals surface area contributed by atoms with Gasteiger partial charge in [0, 0.05) is 30.6 Å². The van der Waals surface area contributed by atoms with Crippen molar-refractivity contribution in [2.24, 2.45) is 0 Å². The van der Waals surface area contributed by atoms with Gasteiger partial charge in [0.1, 0.15) is 0 Å². The zero-order chi connectivity index (χ0) is 16.4. The van der Waals surface area contributed by atoms with Crippen LogP contribution in [-0.2, 0) is 10.0 Å². The summed E-state index contributed by atoms with van der Waals surface area (Å²) >= 11 is 1.60. The third kappa shape index (κ3) is 3.29. The minimum atomic E-state index is -3.66. The van der Waals surface area contributed by atoms with E-state index >= 15 is 0 Å². The maximum atomic E-state index is 12.7. The lowest BCUT2D eigenvalue weighted by atomic mass is 9.99. The topological polar surface area (TPSA) is 87.6 Å². The molecule has 0 radical (unpaired) electrons. The van der Waals surface area contributed by atoms with Gasteiger partial charge in [-0.15, -0.1) is 11.3 Å². The summed E-state index contributed by atoms with van der Waals surface area (Å²) in [5, 5.41) is 12.0. The van der Waals surface area contributed by atoms with Gasteiger partial charge < -0.3 is 5.11 Å². The Morgan fingerprint density at radius 3 is 2.65 bits per heavy atom. The third-order valence-corrected chi connectivity index (χ3v) is 6.81. The van der Waals surface area contributed by atoms with Crippen molar-refractivity contribution in [1.29, 1.82) is 0 Å². The van der Waals surface area contributed by atoms with E-state index in [0.717, 1.165) is 17.8 Å². The van der Waals surface area contributed by atoms with E-state index < -0.39 is 16.0 Å². The number of sulfonamides is 1. The third-order valence-electron chi connectivity index (χ3n) is 3.97. The fraction of sp³-hybridized carbons (Fsp3) is 0.333. The average Bonchev–Trinajstić information content (AvgIpc) is 3.09. The van der Waals surface area contributed by atoms with Gasteiger partial charge in [0.05, 0.1) is 15.5 Å². The Morgan fingerprint density at radius 2 is 2.04 bits per heavy atom. The quantitative estimate of drug-likeness (QED) is 0.913. The van der Waals surface area contributed by atoms with Crippen molar-refractivity contribution in [3.63, 3.8) is 0 Å². The van der Waals surface area contributed by atoms with Crippen LogP contribution in [0.4, 0.5) is 0 Å². The molecular formula is C15H16N2O4S2. The van der Waals surface area contributed by atoms with E-state index in [9.17, 15) is 13.2 Å². The van der Waals surface area contributed by atoms with Gasteiger partial charge in [-0.25, -0.2) is 18.2 Å². The van der Waals surface area contributed by atoms with E-state index in [4.69, 9.17) is 5.11 Å². The number of carbonyl (C=O) groups is 1. The molecule has 1 aromatic carbocycles. The number of hydrogen-bond acceptors (Lipinski definition) is 5. The SMILES string of the molecule is O=C(O)c1cccc(S(=O)(=O)N2CCC(c3nccs3)CC2)c1. The summed E-state index contributed by atoms with van der Waals surface area (Å²) in [7, 11) is -3.66. The van der Waals surface area contributed by atoms with Gasteiger partial charge in [-0.2, -0.15) is 4.31 Å². The van der Waals surface area contributed by atoms with Crippen LogP contribution in [0.5, 0.6) is 0 Å². The van der Waals surface area contributed by atoms with Gasteiger partial charge in [-0.1, -0.05) is 6.07 Å². The first-order valence-corrected chi connectivity index (χ1v) is 9.53. The molecule has 1 aromatic heterocycles. The Bertz CT molecular complexity index is 795. The van der Waals surface area contributed by atoms with E-state index in [-0.39, 0.29) is 10.5 Å². The summed E-state index contributed by atoms with van der Waals surface area (Å²) in [6.45, 7) is 0.841. The Balaban J connectivity index is 1.76. The molecule has 2 heterocycles. The number of carboxylic acids is 1. The van der Waals surface area contributed by atoms with Gasteiger partial charge in [0.25, 0.3) is 0 Å². The average molecular weight is 352 g/mol. The van der Waals surface area contributed by atoms with Crippen molar-refractivity contribution in [1.82, 2.24) is 9.29 Å².